The average Bonchev–Trinajstić information content (AvgIpc) is 2.85. The molecule has 6 nitrogen and oxygen atoms in total. The van der Waals surface area contributed by atoms with Crippen LogP contribution in [0.15, 0.2) is 10.5 Å². The van der Waals surface area contributed by atoms with E-state index in [0.29, 0.717) is 17.9 Å². The first kappa shape index (κ1) is 14.6. The van der Waals surface area contributed by atoms with E-state index in [1.807, 2.05) is 24.8 Å². The lowest BCUT2D eigenvalue weighted by atomic mass is 9.69. The van der Waals surface area contributed by atoms with Gasteiger partial charge in [-0.2, -0.15) is 0 Å². The maximum absolute atomic E-state index is 13.2. The smallest absolute Gasteiger partial charge is 0.410 e. The second-order valence-electron chi connectivity index (χ2n) is 7.10. The number of furan rings is 1. The summed E-state index contributed by atoms with van der Waals surface area (Å²) >= 11 is 0. The Bertz CT molecular complexity index is 672. The van der Waals surface area contributed by atoms with Gasteiger partial charge in [0.2, 0.25) is 0 Å². The van der Waals surface area contributed by atoms with Crippen molar-refractivity contribution in [3.05, 3.63) is 23.2 Å². The highest BCUT2D eigenvalue weighted by Gasteiger charge is 2.59. The van der Waals surface area contributed by atoms with Gasteiger partial charge in [0.25, 0.3) is 5.91 Å². The minimum absolute atomic E-state index is 0.00414. The van der Waals surface area contributed by atoms with Crippen molar-refractivity contribution in [3.8, 4) is 0 Å². The van der Waals surface area contributed by atoms with E-state index in [4.69, 9.17) is 9.15 Å². The molecule has 1 aliphatic carbocycles. The van der Waals surface area contributed by atoms with Crippen molar-refractivity contribution in [1.29, 1.82) is 0 Å². The van der Waals surface area contributed by atoms with Crippen LogP contribution in [0.3, 0.4) is 0 Å². The van der Waals surface area contributed by atoms with Crippen LogP contribution in [0.4, 0.5) is 4.79 Å². The Hall–Kier alpha value is -1.98. The molecular weight excluding hydrogens is 296 g/mol. The minimum atomic E-state index is -0.499. The normalized spacial score (nSPS) is 32.7. The Balaban J connectivity index is 1.72. The van der Waals surface area contributed by atoms with Gasteiger partial charge in [-0.15, -0.1) is 0 Å². The molecule has 1 aromatic rings. The quantitative estimate of drug-likeness (QED) is 0.798. The van der Waals surface area contributed by atoms with Crippen LogP contribution in [0, 0.1) is 13.8 Å². The second-order valence-corrected chi connectivity index (χ2v) is 7.10. The largest absolute Gasteiger partial charge is 0.466 e. The Morgan fingerprint density at radius 1 is 1.30 bits per heavy atom. The van der Waals surface area contributed by atoms with Crippen LogP contribution in [0.1, 0.15) is 47.6 Å². The summed E-state index contributed by atoms with van der Waals surface area (Å²) in [4.78, 5) is 28.7. The van der Waals surface area contributed by atoms with Crippen molar-refractivity contribution < 1.29 is 18.7 Å². The molecule has 23 heavy (non-hydrogen) atoms. The van der Waals surface area contributed by atoms with Crippen molar-refractivity contribution in [1.82, 2.24) is 9.80 Å². The number of carbonyl (C=O) groups is 2. The lowest BCUT2D eigenvalue weighted by Crippen LogP contribution is -2.73. The third-order valence-corrected chi connectivity index (χ3v) is 5.69. The number of nitrogens with zero attached hydrogens (tertiary/aromatic N) is 2. The number of rotatable bonds is 1. The molecule has 4 aliphatic rings. The number of piperidine rings is 2. The highest BCUT2D eigenvalue weighted by molar-refractivity contribution is 5.96. The highest BCUT2D eigenvalue weighted by Crippen LogP contribution is 2.48. The second kappa shape index (κ2) is 4.76. The van der Waals surface area contributed by atoms with E-state index < -0.39 is 5.60 Å². The molecule has 5 rings (SSSR count). The molecule has 1 atom stereocenters. The summed E-state index contributed by atoms with van der Waals surface area (Å²) in [5, 5.41) is 0. The zero-order valence-electron chi connectivity index (χ0n) is 13.8. The van der Waals surface area contributed by atoms with E-state index in [9.17, 15) is 9.59 Å². The molecule has 0 radical (unpaired) electrons. The van der Waals surface area contributed by atoms with E-state index in [2.05, 4.69) is 0 Å². The van der Waals surface area contributed by atoms with Crippen molar-refractivity contribution in [2.75, 3.05) is 13.6 Å². The summed E-state index contributed by atoms with van der Waals surface area (Å²) < 4.78 is 11.3. The molecule has 4 fully saturated rings. The van der Waals surface area contributed by atoms with Crippen molar-refractivity contribution >= 4 is 12.0 Å². The van der Waals surface area contributed by atoms with Gasteiger partial charge in [-0.25, -0.2) is 4.79 Å². The zero-order chi connectivity index (χ0) is 16.4. The summed E-state index contributed by atoms with van der Waals surface area (Å²) in [5.74, 6) is 1.41. The Morgan fingerprint density at radius 2 is 2.00 bits per heavy atom. The number of likely N-dealkylation sites (N-methyl/N-ethyl adjacent to an activating group) is 1. The number of hydrogen-bond donors (Lipinski definition) is 0. The van der Waals surface area contributed by atoms with Crippen LogP contribution >= 0.6 is 0 Å². The third-order valence-electron chi connectivity index (χ3n) is 5.69. The predicted molar refractivity (Wildman–Crippen MR) is 82.2 cm³/mol. The fourth-order valence-corrected chi connectivity index (χ4v) is 4.51. The lowest BCUT2D eigenvalue weighted by molar-refractivity contribution is -0.161. The molecule has 1 saturated carbocycles. The third kappa shape index (κ3) is 2.00. The van der Waals surface area contributed by atoms with E-state index in [0.717, 1.165) is 31.4 Å². The van der Waals surface area contributed by atoms with Crippen LogP contribution in [-0.4, -0.2) is 53.1 Å². The number of fused-ring (bicyclic) bond motifs is 2. The molecular formula is C17H22N2O4. The van der Waals surface area contributed by atoms with Crippen molar-refractivity contribution in [2.45, 2.75) is 57.2 Å². The van der Waals surface area contributed by atoms with E-state index in [1.54, 1.807) is 11.9 Å². The number of hydrogen-bond acceptors (Lipinski definition) is 4. The lowest BCUT2D eigenvalue weighted by Gasteiger charge is -2.60. The molecule has 6 heteroatoms. The number of ether oxygens (including phenoxy) is 1. The van der Waals surface area contributed by atoms with Gasteiger partial charge in [-0.3, -0.25) is 4.79 Å². The fourth-order valence-electron chi connectivity index (χ4n) is 4.51. The number of aryl methyl sites for hydroxylation is 2. The van der Waals surface area contributed by atoms with E-state index in [-0.39, 0.29) is 24.1 Å². The minimum Gasteiger partial charge on any atom is -0.466 e. The zero-order valence-corrected chi connectivity index (χ0v) is 13.8. The Morgan fingerprint density at radius 3 is 2.61 bits per heavy atom. The summed E-state index contributed by atoms with van der Waals surface area (Å²) in [6.07, 6.45) is 3.23. The molecule has 0 aromatic carbocycles. The van der Waals surface area contributed by atoms with E-state index >= 15 is 0 Å². The summed E-state index contributed by atoms with van der Waals surface area (Å²) in [6.45, 7) is 4.21. The molecule has 3 saturated heterocycles. The molecule has 2 amide bonds. The summed E-state index contributed by atoms with van der Waals surface area (Å²) in [6, 6.07) is 1.97. The van der Waals surface area contributed by atoms with Crippen molar-refractivity contribution in [2.24, 2.45) is 0 Å². The molecule has 0 N–H and O–H groups in total. The molecule has 2 bridgehead atoms. The maximum Gasteiger partial charge on any atom is 0.410 e. The van der Waals surface area contributed by atoms with Gasteiger partial charge in [0.05, 0.1) is 11.6 Å². The van der Waals surface area contributed by atoms with Gasteiger partial charge in [0, 0.05) is 19.6 Å². The molecule has 3 aliphatic heterocycles. The van der Waals surface area contributed by atoms with Gasteiger partial charge < -0.3 is 19.0 Å². The van der Waals surface area contributed by atoms with Crippen LogP contribution < -0.4 is 0 Å². The first-order chi connectivity index (χ1) is 10.9. The first-order valence-corrected chi connectivity index (χ1v) is 8.25. The molecule has 1 spiro atoms. The Labute approximate surface area is 135 Å². The van der Waals surface area contributed by atoms with Gasteiger partial charge in [-0.1, -0.05) is 0 Å². The van der Waals surface area contributed by atoms with Crippen LogP contribution in [0.25, 0.3) is 0 Å². The monoisotopic (exact) mass is 318 g/mol. The van der Waals surface area contributed by atoms with Crippen molar-refractivity contribution in [3.63, 3.8) is 0 Å². The molecule has 4 heterocycles. The van der Waals surface area contributed by atoms with Crippen LogP contribution in [0.2, 0.25) is 0 Å². The van der Waals surface area contributed by atoms with E-state index in [1.165, 1.54) is 0 Å². The molecule has 124 valence electrons. The SMILES string of the molecule is Cc1cc(C(=O)N2C3CCC4(CC3)OC(=O)N(C)CC24)c(C)o1. The van der Waals surface area contributed by atoms with Gasteiger partial charge in [0.1, 0.15) is 17.1 Å². The number of amides is 2. The highest BCUT2D eigenvalue weighted by atomic mass is 16.6. The standard InChI is InChI=1S/C17H22N2O4/c1-10-8-13(11(2)22-10)15(20)19-12-4-6-17(7-5-12)14(19)9-18(3)16(21)23-17/h8,12,14H,4-7,9H2,1-3H3. The van der Waals surface area contributed by atoms with Crippen LogP contribution in [0.5, 0.6) is 0 Å². The summed E-state index contributed by atoms with van der Waals surface area (Å²) in [5.41, 5.74) is 0.130. The van der Waals surface area contributed by atoms with Gasteiger partial charge >= 0.3 is 6.09 Å². The maximum atomic E-state index is 13.2. The average molecular weight is 318 g/mol. The summed E-state index contributed by atoms with van der Waals surface area (Å²) in [7, 11) is 1.73. The first-order valence-electron chi connectivity index (χ1n) is 8.25. The number of carbonyl (C=O) groups excluding carboxylic acids is 2. The Kier molecular flexibility index (Phi) is 3.02. The predicted octanol–water partition coefficient (Wildman–Crippen LogP) is 2.48. The fraction of sp³-hybridized carbons (Fsp3) is 0.647. The van der Waals surface area contributed by atoms with Gasteiger partial charge in [0.15, 0.2) is 0 Å². The molecule has 1 unspecified atom stereocenters. The topological polar surface area (TPSA) is 63.0 Å². The van der Waals surface area contributed by atoms with Crippen LogP contribution in [-0.2, 0) is 4.74 Å². The van der Waals surface area contributed by atoms with Gasteiger partial charge in [-0.05, 0) is 45.6 Å². The molecule has 1 aromatic heterocycles.